The Morgan fingerprint density at radius 2 is 1.95 bits per heavy atom. The molecule has 2 heteroatoms. The van der Waals surface area contributed by atoms with Gasteiger partial charge >= 0.3 is 0 Å². The fraction of sp³-hybridized carbons (Fsp3) is 0.250. The zero-order valence-corrected chi connectivity index (χ0v) is 14.3. The van der Waals surface area contributed by atoms with Gasteiger partial charge in [-0.3, -0.25) is 4.79 Å². The van der Waals surface area contributed by atoms with Gasteiger partial charge in [-0.05, 0) is 67.0 Å². The molecular weight excluding hydrogens is 336 g/mol. The van der Waals surface area contributed by atoms with E-state index in [-0.39, 0.29) is 5.78 Å². The van der Waals surface area contributed by atoms with Crippen LogP contribution in [0, 0.1) is 6.92 Å². The third kappa shape index (κ3) is 3.22. The van der Waals surface area contributed by atoms with Gasteiger partial charge in [0.15, 0.2) is 5.78 Å². The number of carbonyl (C=O) groups excluding carboxylic acids is 1. The standard InChI is InChI=1S/C20H19BrO/c1-14-13-18(21)11-12-19(14)15-7-9-17(10-8-15)20(22)16-5-3-2-4-6-16/h2-3,6-7,9,11-13H,4-5,8,10H2,1H3. The topological polar surface area (TPSA) is 17.1 Å². The molecule has 1 aromatic carbocycles. The first-order valence-corrected chi connectivity index (χ1v) is 8.49. The lowest BCUT2D eigenvalue weighted by Gasteiger charge is -2.17. The summed E-state index contributed by atoms with van der Waals surface area (Å²) in [5.41, 5.74) is 5.76. The van der Waals surface area contributed by atoms with Crippen molar-refractivity contribution in [3.8, 4) is 0 Å². The number of allylic oxidation sites excluding steroid dienone is 8. The second-order valence-electron chi connectivity index (χ2n) is 5.81. The average molecular weight is 355 g/mol. The zero-order chi connectivity index (χ0) is 15.5. The maximum atomic E-state index is 12.5. The van der Waals surface area contributed by atoms with Crippen LogP contribution in [0.5, 0.6) is 0 Å². The molecule has 112 valence electrons. The van der Waals surface area contributed by atoms with Crippen LogP contribution in [0.25, 0.3) is 5.57 Å². The summed E-state index contributed by atoms with van der Waals surface area (Å²) in [7, 11) is 0. The molecule has 0 spiro atoms. The van der Waals surface area contributed by atoms with E-state index in [2.05, 4.69) is 65.4 Å². The number of halogens is 1. The lowest BCUT2D eigenvalue weighted by atomic mass is 9.87. The highest BCUT2D eigenvalue weighted by atomic mass is 79.9. The van der Waals surface area contributed by atoms with E-state index in [1.165, 1.54) is 16.7 Å². The minimum Gasteiger partial charge on any atom is -0.289 e. The molecule has 0 heterocycles. The van der Waals surface area contributed by atoms with Crippen LogP contribution in [0.4, 0.5) is 0 Å². The van der Waals surface area contributed by atoms with E-state index in [0.717, 1.165) is 41.3 Å². The molecule has 0 amide bonds. The first-order valence-electron chi connectivity index (χ1n) is 7.70. The number of hydrogen-bond donors (Lipinski definition) is 0. The summed E-state index contributed by atoms with van der Waals surface area (Å²) >= 11 is 3.51. The SMILES string of the molecule is Cc1cc(Br)ccc1C1=CC=C(C(=O)C2=CCC=CC2)CC1. The van der Waals surface area contributed by atoms with Gasteiger partial charge in [0.25, 0.3) is 0 Å². The van der Waals surface area contributed by atoms with Crippen molar-refractivity contribution in [2.24, 2.45) is 0 Å². The quantitative estimate of drug-likeness (QED) is 0.635. The van der Waals surface area contributed by atoms with Crippen LogP contribution in [0.2, 0.25) is 0 Å². The maximum Gasteiger partial charge on any atom is 0.185 e. The molecule has 0 radical (unpaired) electrons. The maximum absolute atomic E-state index is 12.5. The monoisotopic (exact) mass is 354 g/mol. The average Bonchev–Trinajstić information content (AvgIpc) is 2.55. The van der Waals surface area contributed by atoms with Gasteiger partial charge in [-0.1, -0.05) is 52.4 Å². The third-order valence-electron chi connectivity index (χ3n) is 4.27. The molecule has 0 fully saturated rings. The molecule has 1 aromatic rings. The van der Waals surface area contributed by atoms with Crippen LogP contribution in [0.15, 0.2) is 64.2 Å². The first kappa shape index (κ1) is 15.2. The van der Waals surface area contributed by atoms with E-state index < -0.39 is 0 Å². The number of rotatable bonds is 3. The Labute approximate surface area is 140 Å². The Morgan fingerprint density at radius 1 is 1.09 bits per heavy atom. The molecule has 0 bridgehead atoms. The van der Waals surface area contributed by atoms with E-state index in [9.17, 15) is 4.79 Å². The summed E-state index contributed by atoms with van der Waals surface area (Å²) in [6.07, 6.45) is 13.8. The predicted octanol–water partition coefficient (Wildman–Crippen LogP) is 5.71. The predicted molar refractivity (Wildman–Crippen MR) is 95.6 cm³/mol. The Hall–Kier alpha value is -1.67. The zero-order valence-electron chi connectivity index (χ0n) is 12.7. The molecule has 2 aliphatic carbocycles. The molecule has 0 unspecified atom stereocenters. The fourth-order valence-corrected chi connectivity index (χ4v) is 3.51. The Bertz CT molecular complexity index is 732. The van der Waals surface area contributed by atoms with E-state index in [4.69, 9.17) is 0 Å². The molecular formula is C20H19BrO. The van der Waals surface area contributed by atoms with Crippen molar-refractivity contribution in [1.82, 2.24) is 0 Å². The van der Waals surface area contributed by atoms with Crippen LogP contribution in [-0.4, -0.2) is 5.78 Å². The largest absolute Gasteiger partial charge is 0.289 e. The van der Waals surface area contributed by atoms with Crippen molar-refractivity contribution < 1.29 is 4.79 Å². The van der Waals surface area contributed by atoms with Gasteiger partial charge in [0.2, 0.25) is 0 Å². The Kier molecular flexibility index (Phi) is 4.58. The molecule has 0 saturated carbocycles. The molecule has 0 N–H and O–H groups in total. The summed E-state index contributed by atoms with van der Waals surface area (Å²) in [5, 5.41) is 0. The van der Waals surface area contributed by atoms with Crippen molar-refractivity contribution in [1.29, 1.82) is 0 Å². The van der Waals surface area contributed by atoms with Gasteiger partial charge < -0.3 is 0 Å². The van der Waals surface area contributed by atoms with Crippen LogP contribution in [0.1, 0.15) is 36.8 Å². The summed E-state index contributed by atoms with van der Waals surface area (Å²) in [4.78, 5) is 12.5. The van der Waals surface area contributed by atoms with E-state index in [0.29, 0.717) is 0 Å². The highest BCUT2D eigenvalue weighted by Gasteiger charge is 2.18. The highest BCUT2D eigenvalue weighted by molar-refractivity contribution is 9.10. The summed E-state index contributed by atoms with van der Waals surface area (Å²) in [5.74, 6) is 0.229. The summed E-state index contributed by atoms with van der Waals surface area (Å²) in [6.45, 7) is 2.13. The van der Waals surface area contributed by atoms with E-state index in [1.54, 1.807) is 0 Å². The molecule has 22 heavy (non-hydrogen) atoms. The van der Waals surface area contributed by atoms with Gasteiger partial charge in [-0.25, -0.2) is 0 Å². The van der Waals surface area contributed by atoms with Crippen molar-refractivity contribution in [2.75, 3.05) is 0 Å². The number of Topliss-reactive ketones (excluding diaryl/α,β-unsaturated/α-hetero) is 1. The minimum atomic E-state index is 0.229. The second-order valence-corrected chi connectivity index (χ2v) is 6.73. The molecule has 0 atom stereocenters. The Morgan fingerprint density at radius 3 is 2.59 bits per heavy atom. The summed E-state index contributed by atoms with van der Waals surface area (Å²) in [6, 6.07) is 6.37. The van der Waals surface area contributed by atoms with Gasteiger partial charge in [-0.2, -0.15) is 0 Å². The second kappa shape index (κ2) is 6.62. The molecule has 0 aliphatic heterocycles. The van der Waals surface area contributed by atoms with Crippen LogP contribution >= 0.6 is 15.9 Å². The molecule has 3 rings (SSSR count). The first-order chi connectivity index (χ1) is 10.6. The smallest absolute Gasteiger partial charge is 0.185 e. The van der Waals surface area contributed by atoms with E-state index >= 15 is 0 Å². The highest BCUT2D eigenvalue weighted by Crippen LogP contribution is 2.31. The molecule has 1 nitrogen and oxygen atoms in total. The lowest BCUT2D eigenvalue weighted by Crippen LogP contribution is -2.09. The molecule has 0 aromatic heterocycles. The number of ketones is 1. The van der Waals surface area contributed by atoms with Crippen molar-refractivity contribution in [2.45, 2.75) is 32.6 Å². The summed E-state index contributed by atoms with van der Waals surface area (Å²) < 4.78 is 1.11. The van der Waals surface area contributed by atoms with Crippen molar-refractivity contribution in [3.05, 3.63) is 75.3 Å². The molecule has 0 saturated heterocycles. The number of carbonyl (C=O) groups is 1. The Balaban J connectivity index is 1.81. The van der Waals surface area contributed by atoms with E-state index in [1.807, 2.05) is 6.08 Å². The van der Waals surface area contributed by atoms with Crippen LogP contribution < -0.4 is 0 Å². The normalized spacial score (nSPS) is 17.6. The third-order valence-corrected chi connectivity index (χ3v) is 4.77. The van der Waals surface area contributed by atoms with Crippen LogP contribution in [-0.2, 0) is 4.79 Å². The minimum absolute atomic E-state index is 0.229. The number of hydrogen-bond acceptors (Lipinski definition) is 1. The van der Waals surface area contributed by atoms with Gasteiger partial charge in [0, 0.05) is 10.0 Å². The number of aryl methyl sites for hydroxylation is 1. The van der Waals surface area contributed by atoms with Crippen molar-refractivity contribution in [3.63, 3.8) is 0 Å². The van der Waals surface area contributed by atoms with Crippen molar-refractivity contribution >= 4 is 27.3 Å². The number of benzene rings is 1. The molecule has 2 aliphatic rings. The van der Waals surface area contributed by atoms with Gasteiger partial charge in [0.1, 0.15) is 0 Å². The van der Waals surface area contributed by atoms with Gasteiger partial charge in [-0.15, -0.1) is 0 Å². The van der Waals surface area contributed by atoms with Crippen LogP contribution in [0.3, 0.4) is 0 Å². The lowest BCUT2D eigenvalue weighted by molar-refractivity contribution is -0.112. The van der Waals surface area contributed by atoms with Gasteiger partial charge in [0.05, 0.1) is 0 Å². The fourth-order valence-electron chi connectivity index (χ4n) is 3.03.